The number of anilines is 1. The van der Waals surface area contributed by atoms with E-state index in [9.17, 15) is 14.7 Å². The van der Waals surface area contributed by atoms with Crippen molar-refractivity contribution >= 4 is 17.7 Å². The Bertz CT molecular complexity index is 765. The van der Waals surface area contributed by atoms with Crippen LogP contribution < -0.4 is 5.32 Å². The normalized spacial score (nSPS) is 11.6. The summed E-state index contributed by atoms with van der Waals surface area (Å²) in [6.45, 7) is 3.27. The molecular formula is C26H36N2O3. The van der Waals surface area contributed by atoms with E-state index in [0.717, 1.165) is 44.2 Å². The number of aliphatic carboxylic acids is 1. The lowest BCUT2D eigenvalue weighted by Crippen LogP contribution is -2.36. The first-order valence-electron chi connectivity index (χ1n) is 11.5. The summed E-state index contributed by atoms with van der Waals surface area (Å²) in [5.74, 6) is -1.01. The zero-order chi connectivity index (χ0) is 22.3. The first-order valence-corrected chi connectivity index (χ1v) is 11.5. The van der Waals surface area contributed by atoms with Crippen LogP contribution in [0.2, 0.25) is 0 Å². The number of para-hydroxylation sites is 1. The van der Waals surface area contributed by atoms with E-state index >= 15 is 0 Å². The molecule has 0 heterocycles. The van der Waals surface area contributed by atoms with Crippen molar-refractivity contribution in [2.45, 2.75) is 58.3 Å². The predicted molar refractivity (Wildman–Crippen MR) is 126 cm³/mol. The van der Waals surface area contributed by atoms with Gasteiger partial charge in [0.1, 0.15) is 0 Å². The lowest BCUT2D eigenvalue weighted by Gasteiger charge is -2.23. The first-order chi connectivity index (χ1) is 15.1. The number of nitrogens with one attached hydrogen (secondary N) is 1. The Hall–Kier alpha value is -2.82. The molecule has 2 N–H and O–H groups in total. The second-order valence-corrected chi connectivity index (χ2v) is 8.02. The van der Waals surface area contributed by atoms with E-state index in [1.54, 1.807) is 0 Å². The van der Waals surface area contributed by atoms with Gasteiger partial charge in [-0.15, -0.1) is 0 Å². The number of amides is 2. The molecule has 2 aromatic rings. The molecule has 0 bridgehead atoms. The molecule has 5 nitrogen and oxygen atoms in total. The van der Waals surface area contributed by atoms with Gasteiger partial charge in [0.15, 0.2) is 0 Å². The van der Waals surface area contributed by atoms with Crippen molar-refractivity contribution in [2.75, 3.05) is 18.4 Å². The molecule has 0 aliphatic rings. The molecule has 0 aromatic heterocycles. The molecule has 0 aliphatic carbocycles. The minimum Gasteiger partial charge on any atom is -0.481 e. The van der Waals surface area contributed by atoms with E-state index in [1.807, 2.05) is 48.2 Å². The monoisotopic (exact) mass is 424 g/mol. The third-order valence-corrected chi connectivity index (χ3v) is 5.62. The van der Waals surface area contributed by atoms with Crippen LogP contribution >= 0.6 is 0 Å². The molecule has 1 unspecified atom stereocenters. The average molecular weight is 425 g/mol. The van der Waals surface area contributed by atoms with Gasteiger partial charge < -0.3 is 15.3 Å². The van der Waals surface area contributed by atoms with Crippen LogP contribution in [0.5, 0.6) is 0 Å². The van der Waals surface area contributed by atoms with E-state index in [4.69, 9.17) is 0 Å². The minimum absolute atomic E-state index is 0.0838. The number of hydrogen-bond acceptors (Lipinski definition) is 2. The number of carbonyl (C=O) groups excluding carboxylic acids is 1. The van der Waals surface area contributed by atoms with Crippen molar-refractivity contribution in [1.82, 2.24) is 4.90 Å². The third kappa shape index (κ3) is 9.69. The molecule has 0 aliphatic heterocycles. The molecule has 2 amide bonds. The molecule has 31 heavy (non-hydrogen) atoms. The highest BCUT2D eigenvalue weighted by Gasteiger charge is 2.16. The Morgan fingerprint density at radius 3 is 2.10 bits per heavy atom. The fourth-order valence-corrected chi connectivity index (χ4v) is 3.69. The number of nitrogens with zero attached hydrogens (tertiary/aromatic N) is 1. The maximum atomic E-state index is 12.8. The Kier molecular flexibility index (Phi) is 11.2. The van der Waals surface area contributed by atoms with Gasteiger partial charge in [-0.1, -0.05) is 68.3 Å². The van der Waals surface area contributed by atoms with Gasteiger partial charge >= 0.3 is 12.0 Å². The summed E-state index contributed by atoms with van der Waals surface area (Å²) in [6.07, 6.45) is 7.14. The van der Waals surface area contributed by atoms with Crippen LogP contribution in [0.1, 0.15) is 57.4 Å². The number of aryl methyl sites for hydroxylation is 1. The maximum Gasteiger partial charge on any atom is 0.321 e. The van der Waals surface area contributed by atoms with Crippen molar-refractivity contribution in [1.29, 1.82) is 0 Å². The molecule has 0 saturated heterocycles. The summed E-state index contributed by atoms with van der Waals surface area (Å²) in [5, 5.41) is 12.2. The van der Waals surface area contributed by atoms with Crippen molar-refractivity contribution in [3.05, 3.63) is 66.2 Å². The fourth-order valence-electron chi connectivity index (χ4n) is 3.69. The van der Waals surface area contributed by atoms with Gasteiger partial charge in [0.25, 0.3) is 0 Å². The third-order valence-electron chi connectivity index (χ3n) is 5.62. The second-order valence-electron chi connectivity index (χ2n) is 8.02. The molecule has 2 aromatic carbocycles. The lowest BCUT2D eigenvalue weighted by atomic mass is 9.99. The molecular weight excluding hydrogens is 388 g/mol. The quantitative estimate of drug-likeness (QED) is 0.354. The molecule has 0 spiro atoms. The summed E-state index contributed by atoms with van der Waals surface area (Å²) >= 11 is 0. The second kappa shape index (κ2) is 14.2. The smallest absolute Gasteiger partial charge is 0.321 e. The summed E-state index contributed by atoms with van der Waals surface area (Å²) in [4.78, 5) is 25.9. The maximum absolute atomic E-state index is 12.8. The summed E-state index contributed by atoms with van der Waals surface area (Å²) < 4.78 is 0. The summed E-state index contributed by atoms with van der Waals surface area (Å²) in [6, 6.07) is 19.9. The number of carboxylic acids is 1. The van der Waals surface area contributed by atoms with Crippen molar-refractivity contribution in [2.24, 2.45) is 5.92 Å². The van der Waals surface area contributed by atoms with Crippen LogP contribution in [0.25, 0.3) is 0 Å². The van der Waals surface area contributed by atoms with E-state index in [-0.39, 0.29) is 11.9 Å². The molecule has 5 heteroatoms. The van der Waals surface area contributed by atoms with Crippen molar-refractivity contribution in [3.63, 3.8) is 0 Å². The zero-order valence-electron chi connectivity index (χ0n) is 18.6. The average Bonchev–Trinajstić information content (AvgIpc) is 2.78. The van der Waals surface area contributed by atoms with Gasteiger partial charge in [0.2, 0.25) is 0 Å². The number of rotatable bonds is 14. The highest BCUT2D eigenvalue weighted by atomic mass is 16.4. The number of urea groups is 1. The number of unbranched alkanes of at least 4 members (excludes halogenated alkanes) is 3. The van der Waals surface area contributed by atoms with Crippen LogP contribution in [0.15, 0.2) is 60.7 Å². The number of hydrogen-bond donors (Lipinski definition) is 2. The highest BCUT2D eigenvalue weighted by molar-refractivity contribution is 5.89. The SMILES string of the molecule is CCC(CCCCN(CCCCCc1ccccc1)C(=O)Nc1ccccc1)C(=O)O. The topological polar surface area (TPSA) is 69.6 Å². The molecule has 0 fully saturated rings. The van der Waals surface area contributed by atoms with Gasteiger partial charge in [-0.3, -0.25) is 4.79 Å². The van der Waals surface area contributed by atoms with Crippen molar-refractivity contribution in [3.8, 4) is 0 Å². The Morgan fingerprint density at radius 1 is 0.871 bits per heavy atom. The van der Waals surface area contributed by atoms with Gasteiger partial charge in [-0.05, 0) is 56.2 Å². The van der Waals surface area contributed by atoms with Gasteiger partial charge in [-0.2, -0.15) is 0 Å². The van der Waals surface area contributed by atoms with Gasteiger partial charge in [-0.25, -0.2) is 4.79 Å². The van der Waals surface area contributed by atoms with Gasteiger partial charge in [0, 0.05) is 18.8 Å². The fraction of sp³-hybridized carbons (Fsp3) is 0.462. The Morgan fingerprint density at radius 2 is 1.48 bits per heavy atom. The summed E-state index contributed by atoms with van der Waals surface area (Å²) in [5.41, 5.74) is 2.14. The first kappa shape index (κ1) is 24.4. The van der Waals surface area contributed by atoms with Crippen LogP contribution in [0.3, 0.4) is 0 Å². The lowest BCUT2D eigenvalue weighted by molar-refractivity contribution is -0.142. The van der Waals surface area contributed by atoms with Crippen LogP contribution in [-0.2, 0) is 11.2 Å². The number of carboxylic acid groups (broad SMARTS) is 1. The van der Waals surface area contributed by atoms with Crippen LogP contribution in [0.4, 0.5) is 10.5 Å². The Labute approximate surface area is 186 Å². The highest BCUT2D eigenvalue weighted by Crippen LogP contribution is 2.15. The van der Waals surface area contributed by atoms with Crippen molar-refractivity contribution < 1.29 is 14.7 Å². The van der Waals surface area contributed by atoms with Gasteiger partial charge in [0.05, 0.1) is 5.92 Å². The van der Waals surface area contributed by atoms with Crippen LogP contribution in [0, 0.1) is 5.92 Å². The largest absolute Gasteiger partial charge is 0.481 e. The van der Waals surface area contributed by atoms with Crippen LogP contribution in [-0.4, -0.2) is 35.1 Å². The van der Waals surface area contributed by atoms with E-state index in [0.29, 0.717) is 25.9 Å². The standard InChI is InChI=1S/C26H36N2O3/c1-2-23(25(29)30)17-11-13-21-28(26(31)27-24-18-9-4-10-19-24)20-12-5-8-16-22-14-6-3-7-15-22/h3-4,6-7,9-10,14-15,18-19,23H,2,5,8,11-13,16-17,20-21H2,1H3,(H,27,31)(H,29,30). The summed E-state index contributed by atoms with van der Waals surface area (Å²) in [7, 11) is 0. The molecule has 0 saturated carbocycles. The minimum atomic E-state index is -0.723. The van der Waals surface area contributed by atoms with E-state index in [2.05, 4.69) is 29.6 Å². The predicted octanol–water partition coefficient (Wildman–Crippen LogP) is 6.21. The number of carbonyl (C=O) groups is 2. The van der Waals surface area contributed by atoms with E-state index < -0.39 is 5.97 Å². The molecule has 1 atom stereocenters. The van der Waals surface area contributed by atoms with E-state index in [1.165, 1.54) is 5.56 Å². The Balaban J connectivity index is 1.79. The number of benzene rings is 2. The molecule has 2 rings (SSSR count). The molecule has 0 radical (unpaired) electrons. The molecule has 168 valence electrons. The zero-order valence-corrected chi connectivity index (χ0v) is 18.6.